The molecule has 3 aromatic rings. The zero-order valence-corrected chi connectivity index (χ0v) is 16.7. The van der Waals surface area contributed by atoms with Crippen LogP contribution in [0.4, 0.5) is 5.69 Å². The third kappa shape index (κ3) is 3.48. The standard InChI is InChI=1S/C26H21NO4/c28-25(29)24-21-10-4-8-19(21)20-9-5-11-22(23(20)27-24)26(30)31-18-14-12-17(13-15-18)16-6-2-1-3-7-16/h1-9,11-15,19,21,24,27H,10H2,(H,28,29)/t19-,21-,24-/m0/s1. The van der Waals surface area contributed by atoms with Crippen molar-refractivity contribution in [1.29, 1.82) is 0 Å². The minimum absolute atomic E-state index is 0.0183. The predicted octanol–water partition coefficient (Wildman–Crippen LogP) is 5.11. The van der Waals surface area contributed by atoms with Gasteiger partial charge in [-0.25, -0.2) is 9.59 Å². The Kier molecular flexibility index (Phi) is 4.79. The summed E-state index contributed by atoms with van der Waals surface area (Å²) in [6.45, 7) is 0. The Morgan fingerprint density at radius 1 is 0.903 bits per heavy atom. The van der Waals surface area contributed by atoms with Crippen LogP contribution < -0.4 is 10.1 Å². The number of carbonyl (C=O) groups is 2. The van der Waals surface area contributed by atoms with Crippen LogP contribution in [-0.4, -0.2) is 23.1 Å². The van der Waals surface area contributed by atoms with Crippen LogP contribution in [0.15, 0.2) is 84.9 Å². The summed E-state index contributed by atoms with van der Waals surface area (Å²) in [7, 11) is 0. The molecule has 31 heavy (non-hydrogen) atoms. The first-order valence-corrected chi connectivity index (χ1v) is 10.3. The SMILES string of the molecule is O=C(Oc1ccc(-c2ccccc2)cc1)c1cccc2c1N[C@H](C(=O)O)[C@H]1CC=C[C@@H]21. The second-order valence-corrected chi connectivity index (χ2v) is 7.86. The van der Waals surface area contributed by atoms with Crippen molar-refractivity contribution >= 4 is 17.6 Å². The van der Waals surface area contributed by atoms with Gasteiger partial charge in [0.1, 0.15) is 11.8 Å². The average molecular weight is 411 g/mol. The highest BCUT2D eigenvalue weighted by molar-refractivity contribution is 5.99. The topological polar surface area (TPSA) is 75.6 Å². The summed E-state index contributed by atoms with van der Waals surface area (Å²) >= 11 is 0. The van der Waals surface area contributed by atoms with Crippen molar-refractivity contribution in [3.8, 4) is 16.9 Å². The first kappa shape index (κ1) is 19.1. The lowest BCUT2D eigenvalue weighted by molar-refractivity contribution is -0.139. The molecular weight excluding hydrogens is 390 g/mol. The molecule has 0 saturated carbocycles. The van der Waals surface area contributed by atoms with Crippen molar-refractivity contribution in [2.24, 2.45) is 5.92 Å². The Labute approximate surface area is 180 Å². The fourth-order valence-corrected chi connectivity index (χ4v) is 4.54. The van der Waals surface area contributed by atoms with Crippen LogP contribution in [0.2, 0.25) is 0 Å². The van der Waals surface area contributed by atoms with Gasteiger partial charge < -0.3 is 15.2 Å². The second kappa shape index (κ2) is 7.76. The van der Waals surface area contributed by atoms with Crippen molar-refractivity contribution in [2.75, 3.05) is 5.32 Å². The fourth-order valence-electron chi connectivity index (χ4n) is 4.54. The van der Waals surface area contributed by atoms with E-state index in [0.717, 1.165) is 16.7 Å². The lowest BCUT2D eigenvalue weighted by atomic mass is 9.78. The molecule has 0 saturated heterocycles. The predicted molar refractivity (Wildman–Crippen MR) is 118 cm³/mol. The molecule has 2 N–H and O–H groups in total. The summed E-state index contributed by atoms with van der Waals surface area (Å²) in [4.78, 5) is 24.8. The third-order valence-electron chi connectivity index (χ3n) is 6.05. The molecule has 1 aliphatic carbocycles. The van der Waals surface area contributed by atoms with Crippen LogP contribution in [-0.2, 0) is 4.79 Å². The number of benzene rings is 3. The smallest absolute Gasteiger partial charge is 0.345 e. The van der Waals surface area contributed by atoms with Crippen LogP contribution in [0.1, 0.15) is 28.3 Å². The molecule has 0 radical (unpaired) electrons. The van der Waals surface area contributed by atoms with Gasteiger partial charge in [-0.15, -0.1) is 0 Å². The van der Waals surface area contributed by atoms with Gasteiger partial charge in [-0.2, -0.15) is 0 Å². The number of anilines is 1. The molecule has 0 aromatic heterocycles. The van der Waals surface area contributed by atoms with Gasteiger partial charge in [0.05, 0.1) is 11.3 Å². The molecule has 0 amide bonds. The number of hydrogen-bond donors (Lipinski definition) is 2. The van der Waals surface area contributed by atoms with Crippen molar-refractivity contribution < 1.29 is 19.4 Å². The number of rotatable bonds is 4. The molecule has 0 fully saturated rings. The van der Waals surface area contributed by atoms with Gasteiger partial charge in [-0.3, -0.25) is 0 Å². The number of nitrogens with one attached hydrogen (secondary N) is 1. The lowest BCUT2D eigenvalue weighted by Gasteiger charge is -2.35. The van der Waals surface area contributed by atoms with Crippen LogP contribution >= 0.6 is 0 Å². The van der Waals surface area contributed by atoms with Crippen LogP contribution in [0.3, 0.4) is 0 Å². The average Bonchev–Trinajstić information content (AvgIpc) is 3.29. The van der Waals surface area contributed by atoms with E-state index in [2.05, 4.69) is 5.32 Å². The third-order valence-corrected chi connectivity index (χ3v) is 6.05. The van der Waals surface area contributed by atoms with Crippen molar-refractivity contribution in [3.63, 3.8) is 0 Å². The molecule has 154 valence electrons. The summed E-state index contributed by atoms with van der Waals surface area (Å²) in [6, 6.07) is 22.0. The number of carboxylic acid groups (broad SMARTS) is 1. The molecule has 0 spiro atoms. The lowest BCUT2D eigenvalue weighted by Crippen LogP contribution is -2.42. The van der Waals surface area contributed by atoms with E-state index in [0.29, 0.717) is 23.4 Å². The zero-order valence-electron chi connectivity index (χ0n) is 16.7. The monoisotopic (exact) mass is 411 g/mol. The number of fused-ring (bicyclic) bond motifs is 3. The van der Waals surface area contributed by atoms with Gasteiger partial charge in [0.25, 0.3) is 0 Å². The number of para-hydroxylation sites is 1. The minimum atomic E-state index is -0.913. The number of esters is 1. The van der Waals surface area contributed by atoms with Gasteiger partial charge in [-0.1, -0.05) is 66.7 Å². The highest BCUT2D eigenvalue weighted by Crippen LogP contribution is 2.45. The molecule has 3 atom stereocenters. The van der Waals surface area contributed by atoms with E-state index in [1.807, 2.05) is 66.7 Å². The molecule has 5 rings (SSSR count). The fraction of sp³-hybridized carbons (Fsp3) is 0.154. The number of hydrogen-bond acceptors (Lipinski definition) is 4. The van der Waals surface area contributed by atoms with E-state index in [1.165, 1.54) is 0 Å². The highest BCUT2D eigenvalue weighted by atomic mass is 16.5. The van der Waals surface area contributed by atoms with Gasteiger partial charge in [0.2, 0.25) is 0 Å². The number of ether oxygens (including phenoxy) is 1. The van der Waals surface area contributed by atoms with Crippen molar-refractivity contribution in [1.82, 2.24) is 0 Å². The molecule has 1 heterocycles. The number of carbonyl (C=O) groups excluding carboxylic acids is 1. The van der Waals surface area contributed by atoms with E-state index < -0.39 is 18.0 Å². The van der Waals surface area contributed by atoms with E-state index >= 15 is 0 Å². The number of aliphatic carboxylic acids is 1. The first-order valence-electron chi connectivity index (χ1n) is 10.3. The van der Waals surface area contributed by atoms with E-state index in [1.54, 1.807) is 18.2 Å². The Hall–Kier alpha value is -3.86. The van der Waals surface area contributed by atoms with Gasteiger partial charge in [0, 0.05) is 11.8 Å². The second-order valence-electron chi connectivity index (χ2n) is 7.86. The molecule has 1 aliphatic heterocycles. The maximum Gasteiger partial charge on any atom is 0.345 e. The van der Waals surface area contributed by atoms with Crippen molar-refractivity contribution in [2.45, 2.75) is 18.4 Å². The summed E-state index contributed by atoms with van der Waals surface area (Å²) in [5, 5.41) is 12.8. The van der Waals surface area contributed by atoms with E-state index in [4.69, 9.17) is 4.74 Å². The largest absolute Gasteiger partial charge is 0.480 e. The van der Waals surface area contributed by atoms with Crippen LogP contribution in [0, 0.1) is 5.92 Å². The highest BCUT2D eigenvalue weighted by Gasteiger charge is 2.42. The molecular formula is C26H21NO4. The maximum absolute atomic E-state index is 13.0. The minimum Gasteiger partial charge on any atom is -0.480 e. The molecule has 0 bridgehead atoms. The summed E-state index contributed by atoms with van der Waals surface area (Å²) < 4.78 is 5.62. The number of carboxylic acids is 1. The summed E-state index contributed by atoms with van der Waals surface area (Å²) in [5.41, 5.74) is 3.94. The quantitative estimate of drug-likeness (QED) is 0.354. The molecule has 5 nitrogen and oxygen atoms in total. The van der Waals surface area contributed by atoms with Gasteiger partial charge in [0.15, 0.2) is 0 Å². The Bertz CT molecular complexity index is 1170. The maximum atomic E-state index is 13.0. The normalized spacial score (nSPS) is 21.0. The van der Waals surface area contributed by atoms with Crippen LogP contribution in [0.25, 0.3) is 11.1 Å². The number of allylic oxidation sites excluding steroid dienone is 2. The molecule has 2 aliphatic rings. The van der Waals surface area contributed by atoms with E-state index in [9.17, 15) is 14.7 Å². The Morgan fingerprint density at radius 3 is 2.39 bits per heavy atom. The zero-order chi connectivity index (χ0) is 21.4. The summed E-state index contributed by atoms with van der Waals surface area (Å²) in [6.07, 6.45) is 4.76. The Balaban J connectivity index is 1.41. The van der Waals surface area contributed by atoms with Gasteiger partial charge in [-0.05, 0) is 41.3 Å². The molecule has 3 aromatic carbocycles. The molecule has 0 unspecified atom stereocenters. The van der Waals surface area contributed by atoms with Crippen molar-refractivity contribution in [3.05, 3.63) is 96.1 Å². The van der Waals surface area contributed by atoms with Crippen LogP contribution in [0.5, 0.6) is 5.75 Å². The first-order chi connectivity index (χ1) is 15.1. The summed E-state index contributed by atoms with van der Waals surface area (Å²) in [5.74, 6) is -1.06. The Morgan fingerprint density at radius 2 is 1.65 bits per heavy atom. The van der Waals surface area contributed by atoms with E-state index in [-0.39, 0.29) is 11.8 Å². The molecule has 5 heteroatoms. The van der Waals surface area contributed by atoms with Gasteiger partial charge >= 0.3 is 11.9 Å².